The summed E-state index contributed by atoms with van der Waals surface area (Å²) in [6.07, 6.45) is -1.22. The van der Waals surface area contributed by atoms with Gasteiger partial charge in [0, 0.05) is 0 Å². The van der Waals surface area contributed by atoms with Crippen molar-refractivity contribution in [3.05, 3.63) is 47.5 Å². The maximum Gasteiger partial charge on any atom is 0.586 e. The van der Waals surface area contributed by atoms with E-state index in [4.69, 9.17) is 19.7 Å². The molecule has 2 heterocycles. The van der Waals surface area contributed by atoms with E-state index in [1.165, 1.54) is 18.2 Å². The van der Waals surface area contributed by atoms with Gasteiger partial charge in [-0.25, -0.2) is 0 Å². The minimum atomic E-state index is -3.67. The Bertz CT molecular complexity index is 1120. The Balaban J connectivity index is 0.000000136. The molecule has 8 nitrogen and oxygen atoms in total. The van der Waals surface area contributed by atoms with E-state index in [0.717, 1.165) is 5.56 Å². The van der Waals surface area contributed by atoms with Crippen LogP contribution in [0.5, 0.6) is 23.0 Å². The van der Waals surface area contributed by atoms with Gasteiger partial charge in [-0.3, -0.25) is 9.59 Å². The zero-order valence-corrected chi connectivity index (χ0v) is 16.6. The van der Waals surface area contributed by atoms with E-state index in [0.29, 0.717) is 42.7 Å². The van der Waals surface area contributed by atoms with Gasteiger partial charge in [0.25, 0.3) is 0 Å². The molecular formula is C22H18F2O8. The molecule has 4 aliphatic rings. The number of fused-ring (bicyclic) bond motifs is 2. The second-order valence-electron chi connectivity index (χ2n) is 8.17. The number of halogens is 2. The number of carboxylic acid groups (broad SMARTS) is 2. The quantitative estimate of drug-likeness (QED) is 0.729. The topological polar surface area (TPSA) is 112 Å². The number of carbonyl (C=O) groups is 2. The normalized spacial score (nSPS) is 21.2. The Morgan fingerprint density at radius 1 is 0.719 bits per heavy atom. The fraction of sp³-hybridized carbons (Fsp3) is 0.364. The van der Waals surface area contributed by atoms with E-state index >= 15 is 0 Å². The monoisotopic (exact) mass is 448 g/mol. The highest BCUT2D eigenvalue weighted by atomic mass is 19.3. The molecule has 168 valence electrons. The number of alkyl halides is 2. The van der Waals surface area contributed by atoms with Gasteiger partial charge in [0.2, 0.25) is 6.79 Å². The van der Waals surface area contributed by atoms with Crippen molar-refractivity contribution in [3.8, 4) is 23.0 Å². The Labute approximate surface area is 180 Å². The van der Waals surface area contributed by atoms with Gasteiger partial charge in [-0.1, -0.05) is 12.1 Å². The summed E-state index contributed by atoms with van der Waals surface area (Å²) >= 11 is 0. The van der Waals surface area contributed by atoms with Gasteiger partial charge < -0.3 is 29.2 Å². The average molecular weight is 448 g/mol. The van der Waals surface area contributed by atoms with E-state index < -0.39 is 29.1 Å². The molecule has 0 atom stereocenters. The molecule has 2 saturated carbocycles. The lowest BCUT2D eigenvalue weighted by molar-refractivity contribution is -0.286. The Morgan fingerprint density at radius 2 is 1.19 bits per heavy atom. The maximum atomic E-state index is 12.8. The maximum absolute atomic E-state index is 12.8. The standard InChI is InChI=1S/C11H8F2O4.C11H10O4/c12-11(13)16-7-2-1-6(5-8(7)17-11)10(3-4-10)9(14)15;12-10(13)11(3-4-11)7-1-2-8-9(5-7)15-6-14-8/h1-2,5H,3-4H2,(H,14,15);1-2,5H,3-4,6H2,(H,12,13). The molecule has 0 bridgehead atoms. The van der Waals surface area contributed by atoms with Crippen molar-refractivity contribution in [2.45, 2.75) is 42.8 Å². The second-order valence-corrected chi connectivity index (χ2v) is 8.17. The number of benzene rings is 2. The number of hydrogen-bond acceptors (Lipinski definition) is 6. The van der Waals surface area contributed by atoms with Crippen molar-refractivity contribution in [1.29, 1.82) is 0 Å². The summed E-state index contributed by atoms with van der Waals surface area (Å²) in [5.41, 5.74) is -0.304. The van der Waals surface area contributed by atoms with Gasteiger partial charge in [0.05, 0.1) is 10.8 Å². The summed E-state index contributed by atoms with van der Waals surface area (Å²) < 4.78 is 44.5. The number of carboxylic acids is 2. The third-order valence-corrected chi connectivity index (χ3v) is 6.20. The van der Waals surface area contributed by atoms with Crippen molar-refractivity contribution >= 4 is 11.9 Å². The van der Waals surface area contributed by atoms with Crippen LogP contribution >= 0.6 is 0 Å². The summed E-state index contributed by atoms with van der Waals surface area (Å²) in [5, 5.41) is 18.2. The highest BCUT2D eigenvalue weighted by molar-refractivity contribution is 5.85. The third kappa shape index (κ3) is 3.26. The molecule has 0 amide bonds. The molecule has 10 heteroatoms. The highest BCUT2D eigenvalue weighted by Crippen LogP contribution is 2.52. The van der Waals surface area contributed by atoms with E-state index in [-0.39, 0.29) is 18.3 Å². The molecule has 2 aliphatic carbocycles. The van der Waals surface area contributed by atoms with E-state index in [9.17, 15) is 18.4 Å². The largest absolute Gasteiger partial charge is 0.586 e. The fourth-order valence-electron chi connectivity index (χ4n) is 3.94. The summed E-state index contributed by atoms with van der Waals surface area (Å²) in [7, 11) is 0. The Hall–Kier alpha value is -3.56. The third-order valence-electron chi connectivity index (χ3n) is 6.20. The summed E-state index contributed by atoms with van der Waals surface area (Å²) in [5.74, 6) is -0.524. The van der Waals surface area contributed by atoms with E-state index in [1.54, 1.807) is 12.1 Å². The van der Waals surface area contributed by atoms with Crippen LogP contribution in [0.1, 0.15) is 36.8 Å². The molecule has 2 fully saturated rings. The summed E-state index contributed by atoms with van der Waals surface area (Å²) in [6.45, 7) is 0.221. The van der Waals surface area contributed by atoms with Gasteiger partial charge in [-0.2, -0.15) is 0 Å². The number of ether oxygens (including phenoxy) is 4. The zero-order valence-electron chi connectivity index (χ0n) is 16.6. The van der Waals surface area contributed by atoms with Gasteiger partial charge in [-0.05, 0) is 61.1 Å². The lowest BCUT2D eigenvalue weighted by Crippen LogP contribution is -2.26. The Kier molecular flexibility index (Phi) is 4.27. The molecule has 0 unspecified atom stereocenters. The van der Waals surface area contributed by atoms with Gasteiger partial charge in [0.1, 0.15) is 0 Å². The lowest BCUT2D eigenvalue weighted by atomic mass is 9.96. The van der Waals surface area contributed by atoms with Crippen molar-refractivity contribution in [2.75, 3.05) is 6.79 Å². The number of rotatable bonds is 4. The molecule has 0 radical (unpaired) electrons. The zero-order chi connectivity index (χ0) is 22.7. The highest BCUT2D eigenvalue weighted by Gasteiger charge is 2.53. The predicted molar refractivity (Wildman–Crippen MR) is 102 cm³/mol. The molecule has 0 aromatic heterocycles. The summed E-state index contributed by atoms with van der Waals surface area (Å²) in [4.78, 5) is 22.2. The average Bonchev–Trinajstić information content (AvgIpc) is 3.64. The first kappa shape index (κ1) is 20.3. The molecule has 2 aromatic rings. The van der Waals surface area contributed by atoms with Crippen molar-refractivity contribution in [1.82, 2.24) is 0 Å². The predicted octanol–water partition coefficient (Wildman–Crippen LogP) is 3.66. The van der Waals surface area contributed by atoms with Gasteiger partial charge in [0.15, 0.2) is 23.0 Å². The first-order valence-corrected chi connectivity index (χ1v) is 9.93. The molecule has 2 aromatic carbocycles. The van der Waals surface area contributed by atoms with Crippen LogP contribution in [0.25, 0.3) is 0 Å². The van der Waals surface area contributed by atoms with Crippen molar-refractivity contribution < 1.29 is 47.5 Å². The lowest BCUT2D eigenvalue weighted by Gasteiger charge is -2.10. The smallest absolute Gasteiger partial charge is 0.481 e. The fourth-order valence-corrected chi connectivity index (χ4v) is 3.94. The number of hydrogen-bond donors (Lipinski definition) is 2. The second kappa shape index (κ2) is 6.72. The van der Waals surface area contributed by atoms with Crippen molar-refractivity contribution in [3.63, 3.8) is 0 Å². The molecule has 2 aliphatic heterocycles. The van der Waals surface area contributed by atoms with Crippen LogP contribution in [0.2, 0.25) is 0 Å². The minimum Gasteiger partial charge on any atom is -0.481 e. The number of aliphatic carboxylic acids is 2. The van der Waals surface area contributed by atoms with Crippen LogP contribution in [-0.4, -0.2) is 35.2 Å². The van der Waals surface area contributed by atoms with Gasteiger partial charge >= 0.3 is 18.2 Å². The molecule has 0 spiro atoms. The van der Waals surface area contributed by atoms with Crippen LogP contribution in [0.15, 0.2) is 36.4 Å². The van der Waals surface area contributed by atoms with Gasteiger partial charge in [-0.15, -0.1) is 8.78 Å². The van der Waals surface area contributed by atoms with Crippen LogP contribution in [0.4, 0.5) is 8.78 Å². The Morgan fingerprint density at radius 3 is 1.72 bits per heavy atom. The first-order valence-electron chi connectivity index (χ1n) is 9.93. The minimum absolute atomic E-state index is 0.0695. The SMILES string of the molecule is O=C(O)C1(c2ccc3c(c2)OC(F)(F)O3)CC1.O=C(O)C1(c2ccc3c(c2)OCO3)CC1. The van der Waals surface area contributed by atoms with Crippen LogP contribution in [-0.2, 0) is 20.4 Å². The molecule has 32 heavy (non-hydrogen) atoms. The summed E-state index contributed by atoms with van der Waals surface area (Å²) in [6, 6.07) is 9.50. The van der Waals surface area contributed by atoms with Crippen LogP contribution in [0, 0.1) is 0 Å². The van der Waals surface area contributed by atoms with E-state index in [1.807, 2.05) is 6.07 Å². The van der Waals surface area contributed by atoms with Crippen molar-refractivity contribution in [2.24, 2.45) is 0 Å². The first-order chi connectivity index (χ1) is 15.2. The molecule has 0 saturated heterocycles. The van der Waals surface area contributed by atoms with Crippen LogP contribution < -0.4 is 18.9 Å². The molecule has 6 rings (SSSR count). The molecular weight excluding hydrogens is 430 g/mol. The van der Waals surface area contributed by atoms with E-state index in [2.05, 4.69) is 9.47 Å². The molecule has 2 N–H and O–H groups in total. The van der Waals surface area contributed by atoms with Crippen LogP contribution in [0.3, 0.4) is 0 Å².